The lowest BCUT2D eigenvalue weighted by atomic mass is 9.96. The van der Waals surface area contributed by atoms with Crippen LogP contribution in [0.15, 0.2) is 18.2 Å². The SMILES string of the molecule is O=C(N[C@H](CN1CCCC1)[C@@H](O)c1ccc2c(c1)OCCO2)C1CCOCC1. The van der Waals surface area contributed by atoms with E-state index in [1.165, 1.54) is 12.8 Å². The number of hydrogen-bond acceptors (Lipinski definition) is 6. The number of carbonyl (C=O) groups is 1. The lowest BCUT2D eigenvalue weighted by Crippen LogP contribution is -2.49. The smallest absolute Gasteiger partial charge is 0.223 e. The first-order chi connectivity index (χ1) is 13.7. The van der Waals surface area contributed by atoms with E-state index >= 15 is 0 Å². The number of nitrogens with zero attached hydrogens (tertiary/aromatic N) is 1. The maximum Gasteiger partial charge on any atom is 0.223 e. The number of fused-ring (bicyclic) bond motifs is 1. The molecule has 1 amide bonds. The van der Waals surface area contributed by atoms with Gasteiger partial charge in [-0.2, -0.15) is 0 Å². The summed E-state index contributed by atoms with van der Waals surface area (Å²) in [5.41, 5.74) is 0.737. The minimum Gasteiger partial charge on any atom is -0.486 e. The summed E-state index contributed by atoms with van der Waals surface area (Å²) >= 11 is 0. The van der Waals surface area contributed by atoms with Gasteiger partial charge in [-0.1, -0.05) is 6.07 Å². The Morgan fingerprint density at radius 3 is 2.57 bits per heavy atom. The zero-order chi connectivity index (χ0) is 19.3. The van der Waals surface area contributed by atoms with Crippen molar-refractivity contribution < 1.29 is 24.1 Å². The van der Waals surface area contributed by atoms with E-state index < -0.39 is 6.10 Å². The van der Waals surface area contributed by atoms with E-state index in [2.05, 4.69) is 10.2 Å². The van der Waals surface area contributed by atoms with Gasteiger partial charge in [-0.15, -0.1) is 0 Å². The molecule has 2 fully saturated rings. The third-order valence-corrected chi connectivity index (χ3v) is 5.86. The Morgan fingerprint density at radius 2 is 1.82 bits per heavy atom. The summed E-state index contributed by atoms with van der Waals surface area (Å²) in [6, 6.07) is 5.16. The van der Waals surface area contributed by atoms with Crippen LogP contribution in [0, 0.1) is 5.92 Å². The first-order valence-electron chi connectivity index (χ1n) is 10.4. The number of ether oxygens (including phenoxy) is 3. The Hall–Kier alpha value is -1.83. The van der Waals surface area contributed by atoms with Gasteiger partial charge < -0.3 is 29.5 Å². The minimum atomic E-state index is -0.805. The van der Waals surface area contributed by atoms with Crippen molar-refractivity contribution in [2.45, 2.75) is 37.8 Å². The largest absolute Gasteiger partial charge is 0.486 e. The van der Waals surface area contributed by atoms with Gasteiger partial charge in [0.15, 0.2) is 11.5 Å². The molecular formula is C21H30N2O5. The normalized spacial score (nSPS) is 22.6. The van der Waals surface area contributed by atoms with E-state index in [-0.39, 0.29) is 17.9 Å². The molecule has 2 saturated heterocycles. The Labute approximate surface area is 165 Å². The quantitative estimate of drug-likeness (QED) is 0.766. The van der Waals surface area contributed by atoms with Gasteiger partial charge in [-0.3, -0.25) is 4.79 Å². The van der Waals surface area contributed by atoms with Crippen LogP contribution in [0.4, 0.5) is 0 Å². The topological polar surface area (TPSA) is 80.3 Å². The second kappa shape index (κ2) is 9.11. The van der Waals surface area contributed by atoms with Gasteiger partial charge in [0.25, 0.3) is 0 Å². The summed E-state index contributed by atoms with van der Waals surface area (Å²) < 4.78 is 16.6. The second-order valence-electron chi connectivity index (χ2n) is 7.86. The number of aliphatic hydroxyl groups is 1. The molecule has 3 aliphatic rings. The van der Waals surface area contributed by atoms with Crippen LogP contribution in [0.5, 0.6) is 11.5 Å². The van der Waals surface area contributed by atoms with Gasteiger partial charge in [0.2, 0.25) is 5.91 Å². The Bertz CT molecular complexity index is 671. The van der Waals surface area contributed by atoms with Gasteiger partial charge in [0, 0.05) is 25.7 Å². The lowest BCUT2D eigenvalue weighted by Gasteiger charge is -2.31. The molecule has 7 heteroatoms. The molecular weight excluding hydrogens is 360 g/mol. The number of carbonyl (C=O) groups excluding carboxylic acids is 1. The van der Waals surface area contributed by atoms with Crippen molar-refractivity contribution in [3.63, 3.8) is 0 Å². The molecule has 0 aromatic heterocycles. The molecule has 0 saturated carbocycles. The molecule has 0 unspecified atom stereocenters. The standard InChI is InChI=1S/C21H30N2O5/c24-20(16-3-4-18-19(13-16)28-12-11-27-18)17(14-23-7-1-2-8-23)22-21(25)15-5-9-26-10-6-15/h3-4,13,15,17,20,24H,1-2,5-12,14H2,(H,22,25)/t17-,20+/m1/s1. The van der Waals surface area contributed by atoms with Crippen molar-refractivity contribution in [3.05, 3.63) is 23.8 Å². The fourth-order valence-electron chi connectivity index (χ4n) is 4.20. The number of nitrogens with one attached hydrogen (secondary N) is 1. The molecule has 1 aromatic rings. The van der Waals surface area contributed by atoms with Crippen LogP contribution < -0.4 is 14.8 Å². The number of aliphatic hydroxyl groups excluding tert-OH is 1. The highest BCUT2D eigenvalue weighted by Gasteiger charge is 2.30. The summed E-state index contributed by atoms with van der Waals surface area (Å²) in [5.74, 6) is 1.33. The summed E-state index contributed by atoms with van der Waals surface area (Å²) in [5, 5.41) is 14.3. The average molecular weight is 390 g/mol. The number of likely N-dealkylation sites (tertiary alicyclic amines) is 1. The molecule has 2 atom stereocenters. The third kappa shape index (κ3) is 4.59. The first kappa shape index (κ1) is 19.5. The van der Waals surface area contributed by atoms with E-state index in [4.69, 9.17) is 14.2 Å². The van der Waals surface area contributed by atoms with Crippen molar-refractivity contribution in [2.75, 3.05) is 46.1 Å². The van der Waals surface area contributed by atoms with Crippen LogP contribution >= 0.6 is 0 Å². The van der Waals surface area contributed by atoms with Crippen molar-refractivity contribution in [1.29, 1.82) is 0 Å². The van der Waals surface area contributed by atoms with E-state index in [1.54, 1.807) is 0 Å². The minimum absolute atomic E-state index is 0.0177. The van der Waals surface area contributed by atoms with E-state index in [9.17, 15) is 9.90 Å². The Morgan fingerprint density at radius 1 is 1.11 bits per heavy atom. The number of benzene rings is 1. The van der Waals surface area contributed by atoms with Crippen LogP contribution in [0.1, 0.15) is 37.4 Å². The molecule has 28 heavy (non-hydrogen) atoms. The second-order valence-corrected chi connectivity index (χ2v) is 7.86. The molecule has 1 aromatic carbocycles. The van der Waals surface area contributed by atoms with Gasteiger partial charge in [-0.05, 0) is 56.5 Å². The van der Waals surface area contributed by atoms with Crippen molar-refractivity contribution in [1.82, 2.24) is 10.2 Å². The van der Waals surface area contributed by atoms with Crippen LogP contribution in [0.3, 0.4) is 0 Å². The molecule has 2 N–H and O–H groups in total. The lowest BCUT2D eigenvalue weighted by molar-refractivity contribution is -0.129. The maximum absolute atomic E-state index is 12.8. The molecule has 3 aliphatic heterocycles. The molecule has 154 valence electrons. The highest BCUT2D eigenvalue weighted by molar-refractivity contribution is 5.79. The molecule has 3 heterocycles. The van der Waals surface area contributed by atoms with E-state index in [0.717, 1.165) is 31.5 Å². The summed E-state index contributed by atoms with van der Waals surface area (Å²) in [6.45, 7) is 4.95. The fourth-order valence-corrected chi connectivity index (χ4v) is 4.20. The summed E-state index contributed by atoms with van der Waals surface area (Å²) in [4.78, 5) is 15.1. The number of amides is 1. The molecule has 0 spiro atoms. The third-order valence-electron chi connectivity index (χ3n) is 5.86. The van der Waals surface area contributed by atoms with Gasteiger partial charge in [-0.25, -0.2) is 0 Å². The van der Waals surface area contributed by atoms with Crippen molar-refractivity contribution in [3.8, 4) is 11.5 Å². The first-order valence-corrected chi connectivity index (χ1v) is 10.4. The highest BCUT2D eigenvalue weighted by atomic mass is 16.6. The maximum atomic E-state index is 12.8. The zero-order valence-electron chi connectivity index (χ0n) is 16.3. The molecule has 4 rings (SSSR count). The summed E-state index contributed by atoms with van der Waals surface area (Å²) in [7, 11) is 0. The Kier molecular flexibility index (Phi) is 6.34. The van der Waals surface area contributed by atoms with Crippen LogP contribution in [-0.4, -0.2) is 68.0 Å². The molecule has 0 radical (unpaired) electrons. The fraction of sp³-hybridized carbons (Fsp3) is 0.667. The zero-order valence-corrected chi connectivity index (χ0v) is 16.3. The van der Waals surface area contributed by atoms with Crippen molar-refractivity contribution in [2.24, 2.45) is 5.92 Å². The Balaban J connectivity index is 1.49. The summed E-state index contributed by atoms with van der Waals surface area (Å²) in [6.07, 6.45) is 3.01. The van der Waals surface area contributed by atoms with Gasteiger partial charge in [0.1, 0.15) is 19.3 Å². The monoisotopic (exact) mass is 390 g/mol. The van der Waals surface area contributed by atoms with Crippen LogP contribution in [0.25, 0.3) is 0 Å². The van der Waals surface area contributed by atoms with E-state index in [0.29, 0.717) is 44.5 Å². The average Bonchev–Trinajstić information content (AvgIpc) is 3.26. The van der Waals surface area contributed by atoms with Gasteiger partial charge in [0.05, 0.1) is 6.04 Å². The predicted octanol–water partition coefficient (Wildman–Crippen LogP) is 1.50. The number of rotatable bonds is 6. The molecule has 7 nitrogen and oxygen atoms in total. The highest BCUT2D eigenvalue weighted by Crippen LogP contribution is 2.33. The molecule has 0 bridgehead atoms. The predicted molar refractivity (Wildman–Crippen MR) is 104 cm³/mol. The van der Waals surface area contributed by atoms with Gasteiger partial charge >= 0.3 is 0 Å². The van der Waals surface area contributed by atoms with Crippen LogP contribution in [-0.2, 0) is 9.53 Å². The number of hydrogen-bond donors (Lipinski definition) is 2. The van der Waals surface area contributed by atoms with Crippen LogP contribution in [0.2, 0.25) is 0 Å². The van der Waals surface area contributed by atoms with Crippen molar-refractivity contribution >= 4 is 5.91 Å². The van der Waals surface area contributed by atoms with E-state index in [1.807, 2.05) is 18.2 Å². The molecule has 0 aliphatic carbocycles.